The van der Waals surface area contributed by atoms with E-state index in [2.05, 4.69) is 44.9 Å². The van der Waals surface area contributed by atoms with E-state index in [1.807, 2.05) is 38.4 Å². The van der Waals surface area contributed by atoms with Crippen LogP contribution in [0.25, 0.3) is 11.0 Å². The van der Waals surface area contributed by atoms with Crippen LogP contribution in [0.2, 0.25) is 0 Å². The highest BCUT2D eigenvalue weighted by Gasteiger charge is 2.36. The molecule has 12 heteroatoms. The second kappa shape index (κ2) is 13.7. The molecule has 2 aliphatic rings. The average Bonchev–Trinajstić information content (AvgIpc) is 3.72. The summed E-state index contributed by atoms with van der Waals surface area (Å²) in [4.78, 5) is 18.1. The second-order valence-electron chi connectivity index (χ2n) is 12.3. The highest BCUT2D eigenvalue weighted by molar-refractivity contribution is 8.22. The predicted molar refractivity (Wildman–Crippen MR) is 178 cm³/mol. The zero-order chi connectivity index (χ0) is 32.4. The summed E-state index contributed by atoms with van der Waals surface area (Å²) in [5.41, 5.74) is 6.75. The first-order valence-electron chi connectivity index (χ1n) is 16.1. The van der Waals surface area contributed by atoms with Gasteiger partial charge in [0, 0.05) is 50.7 Å². The number of aromatic nitrogens is 4. The van der Waals surface area contributed by atoms with Gasteiger partial charge in [-0.2, -0.15) is 4.31 Å². The summed E-state index contributed by atoms with van der Waals surface area (Å²) in [6.45, 7) is 11.5. The molecule has 1 amide bonds. The number of hydrogen-bond donors (Lipinski definition) is 3. The maximum absolute atomic E-state index is 13.5. The molecule has 46 heavy (non-hydrogen) atoms. The fourth-order valence-corrected chi connectivity index (χ4v) is 8.00. The lowest BCUT2D eigenvalue weighted by molar-refractivity contribution is -0.121. The summed E-state index contributed by atoms with van der Waals surface area (Å²) in [6.07, 6.45) is 3.25. The maximum Gasteiger partial charge on any atom is 0.239 e. The molecule has 11 nitrogen and oxygen atoms in total. The van der Waals surface area contributed by atoms with Crippen molar-refractivity contribution in [3.05, 3.63) is 76.5 Å². The summed E-state index contributed by atoms with van der Waals surface area (Å²) in [6, 6.07) is 13.7. The molecule has 2 aliphatic heterocycles. The number of aryl methyl sites for hydroxylation is 3. The highest BCUT2D eigenvalue weighted by Crippen LogP contribution is 2.57. The van der Waals surface area contributed by atoms with Gasteiger partial charge in [0.1, 0.15) is 16.5 Å². The van der Waals surface area contributed by atoms with Gasteiger partial charge in [-0.1, -0.05) is 36.4 Å². The van der Waals surface area contributed by atoms with Crippen molar-refractivity contribution in [1.82, 2.24) is 29.6 Å². The molecule has 0 radical (unpaired) electrons. The summed E-state index contributed by atoms with van der Waals surface area (Å²) >= 11 is 0. The van der Waals surface area contributed by atoms with Crippen molar-refractivity contribution < 1.29 is 23.4 Å². The van der Waals surface area contributed by atoms with E-state index in [-0.39, 0.29) is 30.2 Å². The monoisotopic (exact) mass is 648 g/mol. The molecular weight excluding hydrogens is 604 g/mol. The van der Waals surface area contributed by atoms with Gasteiger partial charge in [-0.3, -0.25) is 13.9 Å². The molecule has 0 saturated carbocycles. The van der Waals surface area contributed by atoms with Gasteiger partial charge in [-0.05, 0) is 79.6 Å². The third kappa shape index (κ3) is 6.50. The fraction of sp³-hybridized carbons (Fsp3) is 0.471. The summed E-state index contributed by atoms with van der Waals surface area (Å²) < 4.78 is 38.4. The highest BCUT2D eigenvalue weighted by atomic mass is 32.3. The van der Waals surface area contributed by atoms with Gasteiger partial charge in [0.15, 0.2) is 0 Å². The van der Waals surface area contributed by atoms with Gasteiger partial charge in [0.2, 0.25) is 11.8 Å². The Kier molecular flexibility index (Phi) is 9.62. The minimum absolute atomic E-state index is 0.0236. The Hall–Kier alpha value is -3.55. The Balaban J connectivity index is 1.35. The van der Waals surface area contributed by atoms with Crippen LogP contribution in [0.4, 0.5) is 0 Å². The number of nitrogens with zero attached hydrogens (tertiary/aromatic N) is 5. The van der Waals surface area contributed by atoms with Crippen LogP contribution >= 0.6 is 10.8 Å². The van der Waals surface area contributed by atoms with E-state index in [4.69, 9.17) is 9.47 Å². The number of fused-ring (bicyclic) bond motifs is 2. The van der Waals surface area contributed by atoms with E-state index in [0.29, 0.717) is 50.0 Å². The van der Waals surface area contributed by atoms with E-state index in [0.717, 1.165) is 51.9 Å². The van der Waals surface area contributed by atoms with Crippen molar-refractivity contribution in [3.63, 3.8) is 0 Å². The molecule has 1 saturated heterocycles. The number of amides is 1. The minimum Gasteiger partial charge on any atom is -0.472 e. The number of carbonyl (C=O) groups is 1. The molecule has 1 fully saturated rings. The molecule has 0 aliphatic carbocycles. The van der Waals surface area contributed by atoms with Crippen LogP contribution in [0.5, 0.6) is 5.88 Å². The van der Waals surface area contributed by atoms with Crippen LogP contribution in [-0.2, 0) is 22.6 Å². The number of ether oxygens (including phenoxy) is 2. The first-order chi connectivity index (χ1) is 22.2. The molecule has 0 spiro atoms. The van der Waals surface area contributed by atoms with Crippen molar-refractivity contribution in [3.8, 4) is 5.88 Å². The number of carbonyl (C=O) groups excluding carboxylic acids is 1. The predicted octanol–water partition coefficient (Wildman–Crippen LogP) is 5.84. The third-order valence-corrected chi connectivity index (χ3v) is 11.2. The Morgan fingerprint density at radius 3 is 2.78 bits per heavy atom. The second-order valence-corrected chi connectivity index (χ2v) is 14.3. The summed E-state index contributed by atoms with van der Waals surface area (Å²) in [7, 11) is -3.37. The van der Waals surface area contributed by atoms with E-state index in [1.54, 1.807) is 22.6 Å². The molecule has 3 N–H and O–H groups in total. The Labute approximate surface area is 271 Å². The van der Waals surface area contributed by atoms with Gasteiger partial charge < -0.3 is 14.8 Å². The molecule has 4 heterocycles. The van der Waals surface area contributed by atoms with Gasteiger partial charge in [0.05, 0.1) is 18.7 Å². The van der Waals surface area contributed by atoms with Crippen LogP contribution in [0.3, 0.4) is 0 Å². The lowest BCUT2D eigenvalue weighted by atomic mass is 9.84. The lowest BCUT2D eigenvalue weighted by Gasteiger charge is -2.41. The van der Waals surface area contributed by atoms with Gasteiger partial charge in [0.25, 0.3) is 0 Å². The zero-order valence-corrected chi connectivity index (χ0v) is 27.8. The Morgan fingerprint density at radius 2 is 2.02 bits per heavy atom. The standard InChI is InChI=1S/C34H44N6O5S/c1-5-27-20-39(46(42,43)31-8-7-14-35-34(31)45-27)19-26-16-25(10-9-22(26)3)29(17-32(41)36-18-24-13-15-44-21-24)28-11-12-30-33(23(28)4)37-38-40(30)6-2/h7-12,14,16,24,27,29,42-43H,5-6,13,15,17-21H2,1-4H3,(H,36,41)/t24?,27?,29-/m0/s1. The van der Waals surface area contributed by atoms with E-state index >= 15 is 0 Å². The number of benzene rings is 2. The van der Waals surface area contributed by atoms with Gasteiger partial charge >= 0.3 is 0 Å². The van der Waals surface area contributed by atoms with Gasteiger partial charge in [-0.25, -0.2) is 9.67 Å². The van der Waals surface area contributed by atoms with E-state index in [1.165, 1.54) is 0 Å². The van der Waals surface area contributed by atoms with Crippen molar-refractivity contribution >= 4 is 27.7 Å². The molecule has 2 aromatic heterocycles. The van der Waals surface area contributed by atoms with E-state index in [9.17, 15) is 13.9 Å². The van der Waals surface area contributed by atoms with Crippen molar-refractivity contribution in [2.24, 2.45) is 5.92 Å². The Morgan fingerprint density at radius 1 is 1.17 bits per heavy atom. The zero-order valence-electron chi connectivity index (χ0n) is 27.0. The van der Waals surface area contributed by atoms with E-state index < -0.39 is 10.8 Å². The van der Waals surface area contributed by atoms with Crippen LogP contribution in [0.15, 0.2) is 53.6 Å². The first kappa shape index (κ1) is 32.4. The molecule has 3 atom stereocenters. The lowest BCUT2D eigenvalue weighted by Crippen LogP contribution is -2.34. The van der Waals surface area contributed by atoms with Crippen LogP contribution in [-0.4, -0.2) is 71.7 Å². The minimum atomic E-state index is -3.37. The topological polar surface area (TPSA) is 135 Å². The molecule has 2 unspecified atom stereocenters. The fourth-order valence-electron chi connectivity index (χ4n) is 6.44. The Bertz CT molecular complexity index is 1700. The quantitative estimate of drug-likeness (QED) is 0.194. The largest absolute Gasteiger partial charge is 0.472 e. The number of rotatable bonds is 10. The SMILES string of the molecule is CCC1CN(Cc2cc([C@H](CC(=O)NCC3CCOC3)c3ccc4c(nnn4CC)c3C)ccc2C)S(O)(O)c2cccnc2O1. The maximum atomic E-state index is 13.5. The number of nitrogens with one attached hydrogen (secondary N) is 1. The van der Waals surface area contributed by atoms with Crippen LogP contribution in [0.1, 0.15) is 66.8 Å². The molecule has 0 bridgehead atoms. The third-order valence-electron chi connectivity index (χ3n) is 9.31. The average molecular weight is 649 g/mol. The first-order valence-corrected chi connectivity index (χ1v) is 17.6. The van der Waals surface area contributed by atoms with Crippen LogP contribution < -0.4 is 10.1 Å². The smallest absolute Gasteiger partial charge is 0.239 e. The normalized spacial score (nSPS) is 20.9. The molecular formula is C34H44N6O5S. The molecule has 246 valence electrons. The van der Waals surface area contributed by atoms with Crippen molar-refractivity contribution in [2.45, 2.75) is 77.0 Å². The molecule has 2 aromatic carbocycles. The van der Waals surface area contributed by atoms with Gasteiger partial charge in [-0.15, -0.1) is 15.9 Å². The number of pyridine rings is 1. The van der Waals surface area contributed by atoms with Crippen molar-refractivity contribution in [2.75, 3.05) is 26.3 Å². The molecule has 6 rings (SSSR count). The van der Waals surface area contributed by atoms with Crippen LogP contribution in [0, 0.1) is 19.8 Å². The molecule has 4 aromatic rings. The summed E-state index contributed by atoms with van der Waals surface area (Å²) in [5.74, 6) is 0.324. The number of hydrogen-bond acceptors (Lipinski definition) is 9. The van der Waals surface area contributed by atoms with Crippen molar-refractivity contribution in [1.29, 1.82) is 0 Å². The summed E-state index contributed by atoms with van der Waals surface area (Å²) in [5, 5.41) is 12.0.